The molecule has 6 rings (SSSR count). The molecule has 1 aliphatic heterocycles. The van der Waals surface area contributed by atoms with Gasteiger partial charge >= 0.3 is 0 Å². The lowest BCUT2D eigenvalue weighted by Gasteiger charge is -2.20. The molecule has 90 heavy (non-hydrogen) atoms. The number of unbranched alkanes of at least 4 members (excludes halogenated alkanes) is 4. The number of nitrogens with zero attached hydrogens (tertiary/aromatic N) is 6. The molecule has 482 valence electrons. The first-order valence-electron chi connectivity index (χ1n) is 33.4. The lowest BCUT2D eigenvalue weighted by molar-refractivity contribution is -0.695. The Morgan fingerprint density at radius 1 is 0.411 bits per heavy atom. The highest BCUT2D eigenvalue weighted by Crippen LogP contribution is 2.27. The number of hydrogen-bond acceptors (Lipinski definition) is 8. The SMILES string of the molecule is CC[NH+]=CCC/C=C/C=C/c1ccc(N(C)CCCCSSCCCCN(C)c2ccc(/C=C/C3=CCCC=[N+]3CC)cc2)cc1.CC[NH+]=CCC/C=C/C=C/c1ccc(N(C)CCCSSCCCN(C)c2ccc(/C=C/c3cccc[n+]3CC)cc2)cc1. The smallest absolute Gasteiger partial charge is 0.205 e. The first kappa shape index (κ1) is 74.5. The normalized spacial score (nSPS) is 12.8. The van der Waals surface area contributed by atoms with Gasteiger partial charge in [-0.3, -0.25) is 9.98 Å². The highest BCUT2D eigenvalue weighted by atomic mass is 33.1. The maximum atomic E-state index is 3.24. The van der Waals surface area contributed by atoms with E-state index >= 15 is 0 Å². The van der Waals surface area contributed by atoms with Crippen molar-refractivity contribution in [3.05, 3.63) is 204 Å². The van der Waals surface area contributed by atoms with Gasteiger partial charge in [-0.2, -0.15) is 4.57 Å². The van der Waals surface area contributed by atoms with E-state index in [9.17, 15) is 0 Å². The summed E-state index contributed by atoms with van der Waals surface area (Å²) in [6, 6.07) is 41.9. The summed E-state index contributed by atoms with van der Waals surface area (Å²) in [7, 11) is 16.9. The van der Waals surface area contributed by atoms with Crippen LogP contribution in [0, 0.1) is 0 Å². The predicted octanol–water partition coefficient (Wildman–Crippen LogP) is 15.9. The number of benzene rings is 4. The second-order valence-electron chi connectivity index (χ2n) is 22.5. The number of allylic oxidation sites excluding steroid dienone is 8. The lowest BCUT2D eigenvalue weighted by atomic mass is 10.1. The van der Waals surface area contributed by atoms with Crippen LogP contribution in [0.3, 0.4) is 0 Å². The molecule has 4 aromatic carbocycles. The van der Waals surface area contributed by atoms with Crippen molar-refractivity contribution in [2.45, 2.75) is 111 Å². The van der Waals surface area contributed by atoms with E-state index in [1.54, 1.807) is 0 Å². The minimum atomic E-state index is 0.974. The van der Waals surface area contributed by atoms with Gasteiger partial charge in [0.2, 0.25) is 11.4 Å². The summed E-state index contributed by atoms with van der Waals surface area (Å²) in [5, 5.41) is 0. The molecule has 0 radical (unpaired) electrons. The first-order chi connectivity index (χ1) is 44.2. The van der Waals surface area contributed by atoms with E-state index in [4.69, 9.17) is 0 Å². The number of aromatic nitrogens is 1. The predicted molar refractivity (Wildman–Crippen MR) is 411 cm³/mol. The fourth-order valence-electron chi connectivity index (χ4n) is 9.84. The van der Waals surface area contributed by atoms with E-state index < -0.39 is 0 Å². The average Bonchev–Trinajstić information content (AvgIpc) is 3.55. The van der Waals surface area contributed by atoms with E-state index in [1.165, 1.54) is 118 Å². The van der Waals surface area contributed by atoms with Crippen molar-refractivity contribution < 1.29 is 19.1 Å². The third-order valence-corrected chi connectivity index (χ3v) is 20.5. The summed E-state index contributed by atoms with van der Waals surface area (Å²) in [5.74, 6) is 4.82. The van der Waals surface area contributed by atoms with Crippen LogP contribution in [0.4, 0.5) is 22.7 Å². The van der Waals surface area contributed by atoms with E-state index in [0.29, 0.717) is 0 Å². The molecule has 0 aliphatic carbocycles. The van der Waals surface area contributed by atoms with Gasteiger partial charge in [-0.05, 0) is 181 Å². The van der Waals surface area contributed by atoms with E-state index in [0.717, 1.165) is 90.9 Å². The topological polar surface area (TPSA) is 47.8 Å². The highest BCUT2D eigenvalue weighted by molar-refractivity contribution is 8.77. The molecular formula is C78H110N8S4+4. The van der Waals surface area contributed by atoms with Crippen molar-refractivity contribution in [2.24, 2.45) is 0 Å². The molecule has 2 heterocycles. The van der Waals surface area contributed by atoms with Gasteiger partial charge in [0.25, 0.3) is 0 Å². The Bertz CT molecular complexity index is 3010. The molecule has 8 nitrogen and oxygen atoms in total. The third-order valence-electron chi connectivity index (χ3n) is 15.4. The first-order valence-corrected chi connectivity index (χ1v) is 38.3. The van der Waals surface area contributed by atoms with Crippen LogP contribution in [-0.4, -0.2) is 120 Å². The zero-order chi connectivity index (χ0) is 63.9. The van der Waals surface area contributed by atoms with Crippen molar-refractivity contribution in [1.82, 2.24) is 0 Å². The standard InChI is InChI=1S/C40H57N4S2.C38H51N4S2/c1-5-41-30-12-9-7-8-10-18-36-20-25-38(26-21-36)42(3)31-14-16-34-45-46-35-17-15-32-43(4)39-27-22-37(23-28-39)24-29-40-19-11-13-33-44(40)6-2;1-5-39-28-12-9-7-8-10-16-34-18-23-36(24-19-34)40(3)29-14-32-43-44-33-15-30-41(4)37-25-20-35(21-26-37)22-27-38-17-11-13-31-42(38)6-2/h7-8,10,18-30,33H,5-6,9,11-17,31-32,34-35H2,1-4H3;7-8,10-11,13,16-28,31H,5-6,9,12,14-15,29-30,32-33H2,1-4H3/q2*+1/p+2/b8-7+,18-10+,29-24+,41-30?;8-7+,16-10+,39-28?. The molecule has 5 aromatic rings. The Balaban J connectivity index is 0.000000328. The van der Waals surface area contributed by atoms with Gasteiger partial charge in [-0.25, -0.2) is 4.58 Å². The molecular weight excluding hydrogens is 1180 g/mol. The molecule has 0 amide bonds. The number of likely N-dealkylation sites (N-methyl/N-ethyl adjacent to an activating group) is 1. The molecule has 2 N–H and O–H groups in total. The number of anilines is 4. The molecule has 1 aliphatic rings. The fraction of sp³-hybridized carbons (Fsp3) is 0.410. The summed E-state index contributed by atoms with van der Waals surface area (Å²) < 4.78 is 4.59. The Hall–Kier alpha value is -6.18. The van der Waals surface area contributed by atoms with E-state index in [1.807, 2.05) is 43.2 Å². The number of hydrogen-bond donors (Lipinski definition) is 2. The second-order valence-corrected chi connectivity index (χ2v) is 27.9. The molecule has 0 fully saturated rings. The monoisotopic (exact) mass is 1290 g/mol. The van der Waals surface area contributed by atoms with Gasteiger partial charge in [0.1, 0.15) is 44.8 Å². The van der Waals surface area contributed by atoms with Gasteiger partial charge in [-0.15, -0.1) is 0 Å². The van der Waals surface area contributed by atoms with Crippen molar-refractivity contribution in [3.8, 4) is 0 Å². The van der Waals surface area contributed by atoms with Crippen LogP contribution in [0.25, 0.3) is 30.4 Å². The minimum absolute atomic E-state index is 0.974. The molecule has 0 bridgehead atoms. The summed E-state index contributed by atoms with van der Waals surface area (Å²) in [4.78, 5) is 16.0. The van der Waals surface area contributed by atoms with Crippen LogP contribution < -0.4 is 34.2 Å². The maximum absolute atomic E-state index is 3.24. The van der Waals surface area contributed by atoms with Crippen LogP contribution in [0.1, 0.15) is 133 Å². The molecule has 0 atom stereocenters. The largest absolute Gasteiger partial charge is 0.375 e. The molecule has 1 aromatic heterocycles. The van der Waals surface area contributed by atoms with E-state index in [-0.39, 0.29) is 0 Å². The van der Waals surface area contributed by atoms with Crippen LogP contribution in [0.5, 0.6) is 0 Å². The van der Waals surface area contributed by atoms with Gasteiger partial charge in [-0.1, -0.05) is 140 Å². The van der Waals surface area contributed by atoms with Gasteiger partial charge < -0.3 is 19.6 Å². The third kappa shape index (κ3) is 31.7. The van der Waals surface area contributed by atoms with Crippen LogP contribution in [-0.2, 0) is 6.54 Å². The lowest BCUT2D eigenvalue weighted by Crippen LogP contribution is -2.67. The van der Waals surface area contributed by atoms with E-state index in [2.05, 4.69) is 314 Å². The summed E-state index contributed by atoms with van der Waals surface area (Å²) in [5.41, 5.74) is 12.6. The number of aryl methyl sites for hydroxylation is 1. The Morgan fingerprint density at radius 2 is 0.822 bits per heavy atom. The number of rotatable bonds is 42. The number of pyridine rings is 1. The molecule has 0 unspecified atom stereocenters. The highest BCUT2D eigenvalue weighted by Gasteiger charge is 2.12. The number of nitrogens with one attached hydrogen (secondary N) is 2. The van der Waals surface area contributed by atoms with Crippen molar-refractivity contribution >= 4 is 115 Å². The molecule has 0 saturated carbocycles. The fourth-order valence-corrected chi connectivity index (χ4v) is 14.3. The Labute approximate surface area is 561 Å². The zero-order valence-electron chi connectivity index (χ0n) is 56.1. The van der Waals surface area contributed by atoms with Crippen LogP contribution in [0.15, 0.2) is 176 Å². The van der Waals surface area contributed by atoms with Crippen LogP contribution >= 0.6 is 43.2 Å². The molecule has 12 heteroatoms. The summed E-state index contributed by atoms with van der Waals surface area (Å²) in [6.45, 7) is 17.0. The maximum Gasteiger partial charge on any atom is 0.205 e. The minimum Gasteiger partial charge on any atom is -0.375 e. The van der Waals surface area contributed by atoms with Gasteiger partial charge in [0.05, 0.1) is 0 Å². The average molecular weight is 1290 g/mol. The van der Waals surface area contributed by atoms with Gasteiger partial charge in [0.15, 0.2) is 6.20 Å². The van der Waals surface area contributed by atoms with Crippen molar-refractivity contribution in [2.75, 3.05) is 117 Å². The Morgan fingerprint density at radius 3 is 1.24 bits per heavy atom. The van der Waals surface area contributed by atoms with Crippen molar-refractivity contribution in [3.63, 3.8) is 0 Å². The van der Waals surface area contributed by atoms with Gasteiger partial charge in [0, 0.05) is 144 Å². The summed E-state index contributed by atoms with van der Waals surface area (Å²) in [6.07, 6.45) is 51.2. The zero-order valence-corrected chi connectivity index (χ0v) is 59.3. The molecule has 0 saturated heterocycles. The quantitative estimate of drug-likeness (QED) is 0.0132. The van der Waals surface area contributed by atoms with Crippen molar-refractivity contribution in [1.29, 1.82) is 0 Å². The Kier molecular flexibility index (Phi) is 39.5. The second kappa shape index (κ2) is 47.7. The summed E-state index contributed by atoms with van der Waals surface area (Å²) >= 11 is 0. The molecule has 0 spiro atoms. The van der Waals surface area contributed by atoms with Crippen LogP contribution in [0.2, 0.25) is 0 Å².